The van der Waals surface area contributed by atoms with E-state index in [9.17, 15) is 0 Å². The minimum Gasteiger partial charge on any atom is -0.361 e. The van der Waals surface area contributed by atoms with Crippen LogP contribution in [-0.4, -0.2) is 29.5 Å². The second-order valence-corrected chi connectivity index (χ2v) is 6.39. The Balaban J connectivity index is 1.61. The first kappa shape index (κ1) is 15.8. The maximum Gasteiger partial charge on any atom is 0.182 e. The van der Waals surface area contributed by atoms with Gasteiger partial charge in [-0.2, -0.15) is 0 Å². The lowest BCUT2D eigenvalue weighted by Gasteiger charge is -2.11. The van der Waals surface area contributed by atoms with Gasteiger partial charge in [0.1, 0.15) is 17.7 Å². The van der Waals surface area contributed by atoms with Gasteiger partial charge in [0.05, 0.1) is 28.9 Å². The number of imidazole rings is 2. The average Bonchev–Trinajstić information content (AvgIpc) is 3.32. The summed E-state index contributed by atoms with van der Waals surface area (Å²) in [6.45, 7) is 0.463. The molecule has 0 amide bonds. The number of hydrogen-bond acceptors (Lipinski definition) is 5. The molecular formula is C19H14ClN7. The third-order valence-electron chi connectivity index (χ3n) is 4.35. The SMILES string of the molecule is Clc1cccc2nc(CNc3ncnc4nc[nH]c34)n(-c3ccccc3)c12. The van der Waals surface area contributed by atoms with Crippen LogP contribution in [0.2, 0.25) is 5.02 Å². The number of halogens is 1. The number of para-hydroxylation sites is 2. The summed E-state index contributed by atoms with van der Waals surface area (Å²) in [5.41, 5.74) is 4.11. The summed E-state index contributed by atoms with van der Waals surface area (Å²) in [4.78, 5) is 20.4. The first-order chi connectivity index (χ1) is 13.3. The van der Waals surface area contributed by atoms with Crippen molar-refractivity contribution in [2.75, 3.05) is 5.32 Å². The largest absolute Gasteiger partial charge is 0.361 e. The first-order valence-electron chi connectivity index (χ1n) is 8.40. The van der Waals surface area contributed by atoms with Crippen molar-refractivity contribution >= 4 is 39.6 Å². The van der Waals surface area contributed by atoms with Crippen molar-refractivity contribution in [3.63, 3.8) is 0 Å². The predicted molar refractivity (Wildman–Crippen MR) is 105 cm³/mol. The molecule has 0 aliphatic rings. The fraction of sp³-hybridized carbons (Fsp3) is 0.0526. The van der Waals surface area contributed by atoms with E-state index >= 15 is 0 Å². The van der Waals surface area contributed by atoms with Crippen molar-refractivity contribution in [3.05, 3.63) is 72.0 Å². The molecule has 0 bridgehead atoms. The highest BCUT2D eigenvalue weighted by Gasteiger charge is 2.15. The molecule has 0 aliphatic heterocycles. The van der Waals surface area contributed by atoms with E-state index in [1.54, 1.807) is 6.33 Å². The zero-order valence-electron chi connectivity index (χ0n) is 14.1. The van der Waals surface area contributed by atoms with Gasteiger partial charge in [-0.05, 0) is 24.3 Å². The molecule has 2 aromatic carbocycles. The maximum absolute atomic E-state index is 6.49. The van der Waals surface area contributed by atoms with Crippen LogP contribution in [0, 0.1) is 0 Å². The van der Waals surface area contributed by atoms with Crippen LogP contribution < -0.4 is 5.32 Å². The molecule has 0 spiro atoms. The number of anilines is 1. The Bertz CT molecular complexity index is 1240. The lowest BCUT2D eigenvalue weighted by Crippen LogP contribution is -2.09. The molecule has 7 nitrogen and oxygen atoms in total. The lowest BCUT2D eigenvalue weighted by molar-refractivity contribution is 0.911. The molecule has 3 aromatic heterocycles. The second-order valence-electron chi connectivity index (χ2n) is 5.98. The van der Waals surface area contributed by atoms with Gasteiger partial charge in [-0.1, -0.05) is 35.9 Å². The minimum atomic E-state index is 0.463. The Labute approximate surface area is 159 Å². The number of aromatic amines is 1. The van der Waals surface area contributed by atoms with E-state index in [0.717, 1.165) is 28.1 Å². The van der Waals surface area contributed by atoms with Crippen LogP contribution in [0.5, 0.6) is 0 Å². The fourth-order valence-electron chi connectivity index (χ4n) is 3.17. The highest BCUT2D eigenvalue weighted by atomic mass is 35.5. The van der Waals surface area contributed by atoms with Gasteiger partial charge >= 0.3 is 0 Å². The molecule has 5 rings (SSSR count). The number of benzene rings is 2. The molecule has 2 N–H and O–H groups in total. The minimum absolute atomic E-state index is 0.463. The summed E-state index contributed by atoms with van der Waals surface area (Å²) >= 11 is 6.49. The smallest absolute Gasteiger partial charge is 0.182 e. The van der Waals surface area contributed by atoms with Crippen molar-refractivity contribution in [2.24, 2.45) is 0 Å². The molecule has 0 unspecified atom stereocenters. The molecule has 0 atom stereocenters. The third-order valence-corrected chi connectivity index (χ3v) is 4.65. The summed E-state index contributed by atoms with van der Waals surface area (Å²) in [6, 6.07) is 15.8. The highest BCUT2D eigenvalue weighted by Crippen LogP contribution is 2.28. The van der Waals surface area contributed by atoms with Gasteiger partial charge in [-0.3, -0.25) is 4.57 Å². The van der Waals surface area contributed by atoms with Gasteiger partial charge in [-0.25, -0.2) is 19.9 Å². The van der Waals surface area contributed by atoms with E-state index in [0.29, 0.717) is 23.0 Å². The van der Waals surface area contributed by atoms with Gasteiger partial charge in [0.15, 0.2) is 11.5 Å². The van der Waals surface area contributed by atoms with Gasteiger partial charge in [0, 0.05) is 5.69 Å². The molecule has 3 heterocycles. The average molecular weight is 376 g/mol. The first-order valence-corrected chi connectivity index (χ1v) is 8.78. The third kappa shape index (κ3) is 2.69. The van der Waals surface area contributed by atoms with Crippen LogP contribution in [-0.2, 0) is 6.54 Å². The Morgan fingerprint density at radius 3 is 2.78 bits per heavy atom. The molecule has 27 heavy (non-hydrogen) atoms. The summed E-state index contributed by atoms with van der Waals surface area (Å²) in [7, 11) is 0. The van der Waals surface area contributed by atoms with Crippen LogP contribution in [0.3, 0.4) is 0 Å². The van der Waals surface area contributed by atoms with E-state index in [4.69, 9.17) is 16.6 Å². The molecule has 5 aromatic rings. The van der Waals surface area contributed by atoms with E-state index in [2.05, 4.69) is 29.8 Å². The van der Waals surface area contributed by atoms with E-state index in [1.165, 1.54) is 6.33 Å². The summed E-state index contributed by atoms with van der Waals surface area (Å²) < 4.78 is 2.07. The maximum atomic E-state index is 6.49. The number of nitrogens with one attached hydrogen (secondary N) is 2. The van der Waals surface area contributed by atoms with Gasteiger partial charge in [-0.15, -0.1) is 0 Å². The Kier molecular flexibility index (Phi) is 3.72. The highest BCUT2D eigenvalue weighted by molar-refractivity contribution is 6.35. The van der Waals surface area contributed by atoms with Crippen LogP contribution >= 0.6 is 11.6 Å². The molecule has 0 radical (unpaired) electrons. The fourth-order valence-corrected chi connectivity index (χ4v) is 3.42. The summed E-state index contributed by atoms with van der Waals surface area (Å²) in [5, 5.41) is 3.99. The summed E-state index contributed by atoms with van der Waals surface area (Å²) in [5.74, 6) is 1.51. The van der Waals surface area contributed by atoms with Crippen molar-refractivity contribution in [1.29, 1.82) is 0 Å². The van der Waals surface area contributed by atoms with E-state index in [-0.39, 0.29) is 0 Å². The number of aromatic nitrogens is 6. The van der Waals surface area contributed by atoms with Gasteiger partial charge in [0.25, 0.3) is 0 Å². The Morgan fingerprint density at radius 2 is 1.89 bits per heavy atom. The number of nitrogens with zero attached hydrogens (tertiary/aromatic N) is 5. The summed E-state index contributed by atoms with van der Waals surface area (Å²) in [6.07, 6.45) is 3.09. The van der Waals surface area contributed by atoms with Gasteiger partial charge in [0.2, 0.25) is 0 Å². The molecule has 132 valence electrons. The number of fused-ring (bicyclic) bond motifs is 2. The van der Waals surface area contributed by atoms with Crippen LogP contribution in [0.4, 0.5) is 5.82 Å². The normalized spacial score (nSPS) is 11.3. The molecule has 8 heteroatoms. The van der Waals surface area contributed by atoms with Gasteiger partial charge < -0.3 is 10.3 Å². The Hall–Kier alpha value is -3.45. The molecule has 0 aliphatic carbocycles. The van der Waals surface area contributed by atoms with Crippen molar-refractivity contribution in [1.82, 2.24) is 29.5 Å². The zero-order chi connectivity index (χ0) is 18.2. The topological polar surface area (TPSA) is 84.3 Å². The lowest BCUT2D eigenvalue weighted by atomic mass is 10.2. The molecule has 0 saturated carbocycles. The number of hydrogen-bond donors (Lipinski definition) is 2. The van der Waals surface area contributed by atoms with Crippen LogP contribution in [0.1, 0.15) is 5.82 Å². The van der Waals surface area contributed by atoms with Crippen LogP contribution in [0.25, 0.3) is 27.9 Å². The van der Waals surface area contributed by atoms with E-state index < -0.39 is 0 Å². The monoisotopic (exact) mass is 375 g/mol. The van der Waals surface area contributed by atoms with E-state index in [1.807, 2.05) is 48.5 Å². The molecule has 0 saturated heterocycles. The quantitative estimate of drug-likeness (QED) is 0.496. The van der Waals surface area contributed by atoms with Crippen LogP contribution in [0.15, 0.2) is 61.2 Å². The van der Waals surface area contributed by atoms with Crippen molar-refractivity contribution in [3.8, 4) is 5.69 Å². The molecule has 0 fully saturated rings. The standard InChI is InChI=1S/C19H14ClN7/c20-13-7-4-8-14-17(13)27(12-5-2-1-3-6-12)15(26-14)9-21-18-16-19(23-10-22-16)25-11-24-18/h1-8,10-11H,9H2,(H2,21,22,23,24,25). The second kappa shape index (κ2) is 6.37. The zero-order valence-corrected chi connectivity index (χ0v) is 14.9. The number of rotatable bonds is 4. The Morgan fingerprint density at radius 1 is 1.00 bits per heavy atom. The number of H-pyrrole nitrogens is 1. The van der Waals surface area contributed by atoms with Crippen molar-refractivity contribution < 1.29 is 0 Å². The predicted octanol–water partition coefficient (Wildman–Crippen LogP) is 3.96. The molecular weight excluding hydrogens is 362 g/mol. The van der Waals surface area contributed by atoms with Crippen molar-refractivity contribution in [2.45, 2.75) is 6.54 Å².